The molecular weight excluding hydrogens is 298 g/mol. The number of rotatable bonds is 2. The molecule has 114 valence electrons. The summed E-state index contributed by atoms with van der Waals surface area (Å²) in [4.78, 5) is 20.3. The number of ether oxygens (including phenoxy) is 1. The van der Waals surface area contributed by atoms with Gasteiger partial charge in [0.25, 0.3) is 0 Å². The van der Waals surface area contributed by atoms with Gasteiger partial charge >= 0.3 is 6.09 Å². The van der Waals surface area contributed by atoms with Crippen LogP contribution in [0.1, 0.15) is 20.8 Å². The van der Waals surface area contributed by atoms with Crippen molar-refractivity contribution in [3.63, 3.8) is 0 Å². The standard InChI is InChI=1S/C16H17N3O2S/c1-16(2,3)21-15(20)19-13-7-6-12(22-13)11-9-18-14-10(11)5-4-8-17-14/h4-9H,1-3H3,(H,17,18)(H,19,20). The Morgan fingerprint density at radius 1 is 1.32 bits per heavy atom. The van der Waals surface area contributed by atoms with Gasteiger partial charge in [-0.3, -0.25) is 5.32 Å². The van der Waals surface area contributed by atoms with Gasteiger partial charge in [0, 0.05) is 28.2 Å². The number of aromatic amines is 1. The first-order valence-electron chi connectivity index (χ1n) is 6.95. The van der Waals surface area contributed by atoms with Gasteiger partial charge in [0.2, 0.25) is 0 Å². The molecule has 0 unspecified atom stereocenters. The van der Waals surface area contributed by atoms with Crippen molar-refractivity contribution < 1.29 is 9.53 Å². The topological polar surface area (TPSA) is 67.0 Å². The number of hydrogen-bond donors (Lipinski definition) is 2. The number of nitrogens with one attached hydrogen (secondary N) is 2. The molecule has 2 N–H and O–H groups in total. The Kier molecular flexibility index (Phi) is 3.62. The molecule has 1 amide bonds. The van der Waals surface area contributed by atoms with Crippen LogP contribution in [0.25, 0.3) is 21.5 Å². The van der Waals surface area contributed by atoms with Gasteiger partial charge in [-0.05, 0) is 45.0 Å². The zero-order valence-electron chi connectivity index (χ0n) is 12.6. The van der Waals surface area contributed by atoms with Crippen LogP contribution in [0.4, 0.5) is 9.80 Å². The Hall–Kier alpha value is -2.34. The molecule has 3 heterocycles. The molecule has 0 aliphatic carbocycles. The molecule has 0 radical (unpaired) electrons. The Labute approximate surface area is 132 Å². The first-order valence-corrected chi connectivity index (χ1v) is 7.76. The van der Waals surface area contributed by atoms with E-state index in [1.54, 1.807) is 6.20 Å². The van der Waals surface area contributed by atoms with Crippen molar-refractivity contribution in [1.29, 1.82) is 0 Å². The van der Waals surface area contributed by atoms with E-state index in [1.807, 2.05) is 51.2 Å². The van der Waals surface area contributed by atoms with Crippen molar-refractivity contribution >= 4 is 33.5 Å². The molecule has 0 atom stereocenters. The minimum Gasteiger partial charge on any atom is -0.444 e. The molecule has 0 fully saturated rings. The highest BCUT2D eigenvalue weighted by Gasteiger charge is 2.17. The van der Waals surface area contributed by atoms with Crippen molar-refractivity contribution in [1.82, 2.24) is 9.97 Å². The van der Waals surface area contributed by atoms with Crippen molar-refractivity contribution in [3.8, 4) is 10.4 Å². The minimum absolute atomic E-state index is 0.443. The zero-order chi connectivity index (χ0) is 15.7. The average Bonchev–Trinajstić information content (AvgIpc) is 3.02. The molecule has 0 aromatic carbocycles. The molecule has 3 aromatic rings. The number of H-pyrrole nitrogens is 1. The van der Waals surface area contributed by atoms with Gasteiger partial charge in [0.1, 0.15) is 11.2 Å². The summed E-state index contributed by atoms with van der Waals surface area (Å²) in [5.41, 5.74) is 1.42. The van der Waals surface area contributed by atoms with Crippen molar-refractivity contribution in [2.45, 2.75) is 26.4 Å². The number of fused-ring (bicyclic) bond motifs is 1. The SMILES string of the molecule is CC(C)(C)OC(=O)Nc1ccc(-c2c[nH]c3ncccc23)s1. The molecule has 3 aromatic heterocycles. The van der Waals surface area contributed by atoms with Crippen LogP contribution in [0.5, 0.6) is 0 Å². The lowest BCUT2D eigenvalue weighted by Crippen LogP contribution is -2.26. The minimum atomic E-state index is -0.507. The van der Waals surface area contributed by atoms with Crippen LogP contribution in [0.15, 0.2) is 36.7 Å². The summed E-state index contributed by atoms with van der Waals surface area (Å²) in [6.07, 6.45) is 3.24. The molecule has 0 aliphatic rings. The molecule has 0 saturated carbocycles. The van der Waals surface area contributed by atoms with Crippen molar-refractivity contribution in [3.05, 3.63) is 36.7 Å². The number of thiophene rings is 1. The van der Waals surface area contributed by atoms with Crippen LogP contribution in [-0.2, 0) is 4.74 Å². The van der Waals surface area contributed by atoms with E-state index in [0.29, 0.717) is 0 Å². The Balaban J connectivity index is 1.81. The maximum atomic E-state index is 11.8. The number of anilines is 1. The summed E-state index contributed by atoms with van der Waals surface area (Å²) in [6.45, 7) is 5.52. The highest BCUT2D eigenvalue weighted by Crippen LogP contribution is 2.35. The maximum Gasteiger partial charge on any atom is 0.412 e. The predicted octanol–water partition coefficient (Wildman–Crippen LogP) is 4.64. The molecule has 6 heteroatoms. The second-order valence-electron chi connectivity index (χ2n) is 5.89. The smallest absolute Gasteiger partial charge is 0.412 e. The van der Waals surface area contributed by atoms with Gasteiger partial charge in [-0.25, -0.2) is 9.78 Å². The first kappa shape index (κ1) is 14.6. The Morgan fingerprint density at radius 2 is 2.14 bits per heavy atom. The van der Waals surface area contributed by atoms with Crippen LogP contribution < -0.4 is 5.32 Å². The van der Waals surface area contributed by atoms with E-state index in [2.05, 4.69) is 15.3 Å². The van der Waals surface area contributed by atoms with Gasteiger partial charge in [0.15, 0.2) is 0 Å². The summed E-state index contributed by atoms with van der Waals surface area (Å²) in [5, 5.41) is 4.58. The number of amides is 1. The normalized spacial score (nSPS) is 11.6. The van der Waals surface area contributed by atoms with Crippen LogP contribution in [0, 0.1) is 0 Å². The quantitative estimate of drug-likeness (QED) is 0.724. The number of aromatic nitrogens is 2. The Bertz CT molecular complexity index is 814. The fourth-order valence-electron chi connectivity index (χ4n) is 2.11. The van der Waals surface area contributed by atoms with E-state index in [-0.39, 0.29) is 0 Å². The summed E-state index contributed by atoms with van der Waals surface area (Å²) in [5.74, 6) is 0. The van der Waals surface area contributed by atoms with E-state index < -0.39 is 11.7 Å². The van der Waals surface area contributed by atoms with Crippen LogP contribution in [0.2, 0.25) is 0 Å². The van der Waals surface area contributed by atoms with Crippen LogP contribution in [-0.4, -0.2) is 21.7 Å². The molecule has 3 rings (SSSR count). The summed E-state index contributed by atoms with van der Waals surface area (Å²) < 4.78 is 5.25. The van der Waals surface area contributed by atoms with Gasteiger partial charge in [0.05, 0.1) is 5.00 Å². The van der Waals surface area contributed by atoms with Gasteiger partial charge < -0.3 is 9.72 Å². The second-order valence-corrected chi connectivity index (χ2v) is 6.98. The summed E-state index contributed by atoms with van der Waals surface area (Å²) in [7, 11) is 0. The van der Waals surface area contributed by atoms with Crippen molar-refractivity contribution in [2.75, 3.05) is 5.32 Å². The fraction of sp³-hybridized carbons (Fsp3) is 0.250. The van der Waals surface area contributed by atoms with E-state index in [1.165, 1.54) is 11.3 Å². The van der Waals surface area contributed by atoms with E-state index in [4.69, 9.17) is 4.74 Å². The van der Waals surface area contributed by atoms with Crippen LogP contribution >= 0.6 is 11.3 Å². The molecule has 22 heavy (non-hydrogen) atoms. The number of pyridine rings is 1. The third kappa shape index (κ3) is 3.12. The molecular formula is C16H17N3O2S. The maximum absolute atomic E-state index is 11.8. The number of nitrogens with zero attached hydrogens (tertiary/aromatic N) is 1. The lowest BCUT2D eigenvalue weighted by Gasteiger charge is -2.19. The largest absolute Gasteiger partial charge is 0.444 e. The second kappa shape index (κ2) is 5.46. The lowest BCUT2D eigenvalue weighted by molar-refractivity contribution is 0.0636. The van der Waals surface area contributed by atoms with Gasteiger partial charge in [-0.15, -0.1) is 11.3 Å². The molecule has 0 saturated heterocycles. The molecule has 0 spiro atoms. The molecule has 0 bridgehead atoms. The van der Waals surface area contributed by atoms with E-state index in [9.17, 15) is 4.79 Å². The van der Waals surface area contributed by atoms with E-state index >= 15 is 0 Å². The monoisotopic (exact) mass is 315 g/mol. The molecule has 0 aliphatic heterocycles. The number of hydrogen-bond acceptors (Lipinski definition) is 4. The highest BCUT2D eigenvalue weighted by molar-refractivity contribution is 7.19. The van der Waals surface area contributed by atoms with Gasteiger partial charge in [-0.2, -0.15) is 0 Å². The van der Waals surface area contributed by atoms with Gasteiger partial charge in [-0.1, -0.05) is 0 Å². The molecule has 5 nitrogen and oxygen atoms in total. The number of carbonyl (C=O) groups is 1. The highest BCUT2D eigenvalue weighted by atomic mass is 32.1. The zero-order valence-corrected chi connectivity index (χ0v) is 13.5. The third-order valence-corrected chi connectivity index (χ3v) is 3.98. The summed E-state index contributed by atoms with van der Waals surface area (Å²) in [6, 6.07) is 7.79. The third-order valence-electron chi connectivity index (χ3n) is 2.95. The lowest BCUT2D eigenvalue weighted by atomic mass is 10.2. The number of carbonyl (C=O) groups excluding carboxylic acids is 1. The Morgan fingerprint density at radius 3 is 2.91 bits per heavy atom. The summed E-state index contributed by atoms with van der Waals surface area (Å²) >= 11 is 1.50. The fourth-order valence-corrected chi connectivity index (χ4v) is 3.04. The first-order chi connectivity index (χ1) is 10.4. The van der Waals surface area contributed by atoms with E-state index in [0.717, 1.165) is 26.5 Å². The average molecular weight is 315 g/mol. The predicted molar refractivity (Wildman–Crippen MR) is 89.3 cm³/mol. The van der Waals surface area contributed by atoms with Crippen molar-refractivity contribution in [2.24, 2.45) is 0 Å². The van der Waals surface area contributed by atoms with Crippen LogP contribution in [0.3, 0.4) is 0 Å².